The van der Waals surface area contributed by atoms with E-state index in [1.165, 1.54) is 5.69 Å². The molecular formula is C12H24N4. The van der Waals surface area contributed by atoms with Crippen molar-refractivity contribution in [2.24, 2.45) is 0 Å². The number of hydrogen-bond acceptors (Lipinski definition) is 3. The lowest BCUT2D eigenvalue weighted by Gasteiger charge is -2.23. The van der Waals surface area contributed by atoms with E-state index in [4.69, 9.17) is 0 Å². The molecular weight excluding hydrogens is 200 g/mol. The van der Waals surface area contributed by atoms with E-state index >= 15 is 0 Å². The fraction of sp³-hybridized carbons (Fsp3) is 0.833. The molecule has 0 spiro atoms. The van der Waals surface area contributed by atoms with Crippen molar-refractivity contribution in [3.05, 3.63) is 11.9 Å². The first-order valence-corrected chi connectivity index (χ1v) is 6.20. The predicted molar refractivity (Wildman–Crippen MR) is 66.5 cm³/mol. The Morgan fingerprint density at radius 2 is 2.00 bits per heavy atom. The van der Waals surface area contributed by atoms with E-state index < -0.39 is 0 Å². The smallest absolute Gasteiger partial charge is 0.0728 e. The van der Waals surface area contributed by atoms with E-state index in [0.717, 1.165) is 13.0 Å². The highest BCUT2D eigenvalue weighted by Gasteiger charge is 2.18. The third-order valence-corrected chi connectivity index (χ3v) is 2.90. The molecule has 0 aliphatic heterocycles. The summed E-state index contributed by atoms with van der Waals surface area (Å²) in [6.07, 6.45) is 2.98. The van der Waals surface area contributed by atoms with Crippen LogP contribution in [0.25, 0.3) is 0 Å². The minimum absolute atomic E-state index is 0.434. The lowest BCUT2D eigenvalue weighted by Crippen LogP contribution is -2.36. The minimum Gasteiger partial charge on any atom is -0.311 e. The van der Waals surface area contributed by atoms with Crippen LogP contribution in [0, 0.1) is 0 Å². The van der Waals surface area contributed by atoms with Crippen LogP contribution >= 0.6 is 0 Å². The van der Waals surface area contributed by atoms with E-state index in [-0.39, 0.29) is 0 Å². The van der Waals surface area contributed by atoms with Gasteiger partial charge in [0, 0.05) is 24.5 Å². The molecule has 0 fully saturated rings. The molecule has 1 N–H and O–H groups in total. The third-order valence-electron chi connectivity index (χ3n) is 2.90. The first kappa shape index (κ1) is 13.2. The van der Waals surface area contributed by atoms with E-state index in [2.05, 4.69) is 50.2 Å². The fourth-order valence-corrected chi connectivity index (χ4v) is 1.93. The molecule has 1 heterocycles. The van der Waals surface area contributed by atoms with Gasteiger partial charge in [-0.15, -0.1) is 5.10 Å². The van der Waals surface area contributed by atoms with E-state index in [9.17, 15) is 0 Å². The van der Waals surface area contributed by atoms with Crippen LogP contribution in [-0.2, 0) is 6.54 Å². The molecule has 0 aliphatic carbocycles. The lowest BCUT2D eigenvalue weighted by atomic mass is 9.99. The van der Waals surface area contributed by atoms with Crippen molar-refractivity contribution in [2.75, 3.05) is 0 Å². The maximum atomic E-state index is 4.13. The van der Waals surface area contributed by atoms with Gasteiger partial charge in [-0.05, 0) is 13.3 Å². The number of rotatable bonds is 6. The molecule has 0 saturated carbocycles. The Bertz CT molecular complexity index is 306. The summed E-state index contributed by atoms with van der Waals surface area (Å²) in [7, 11) is 0. The average Bonchev–Trinajstić information content (AvgIpc) is 2.64. The molecule has 1 aromatic rings. The molecule has 2 atom stereocenters. The zero-order valence-electron chi connectivity index (χ0n) is 11.1. The molecule has 0 saturated heterocycles. The third kappa shape index (κ3) is 3.30. The van der Waals surface area contributed by atoms with Crippen molar-refractivity contribution >= 4 is 0 Å². The summed E-state index contributed by atoms with van der Waals surface area (Å²) in [5.41, 5.74) is 1.22. The first-order chi connectivity index (χ1) is 7.56. The minimum atomic E-state index is 0.434. The Balaban J connectivity index is 2.70. The summed E-state index contributed by atoms with van der Waals surface area (Å²) in [6, 6.07) is 0.946. The number of aryl methyl sites for hydroxylation is 1. The molecule has 1 aromatic heterocycles. The average molecular weight is 224 g/mol. The monoisotopic (exact) mass is 224 g/mol. The summed E-state index contributed by atoms with van der Waals surface area (Å²) in [4.78, 5) is 0. The Morgan fingerprint density at radius 1 is 1.31 bits per heavy atom. The molecule has 0 bridgehead atoms. The van der Waals surface area contributed by atoms with Gasteiger partial charge in [0.15, 0.2) is 0 Å². The standard InChI is InChI=1S/C12H24N4/c1-6-7-16-12(8-13-15-16)10(4)11(5)14-9(2)3/h8-11,14H,6-7H2,1-5H3. The van der Waals surface area contributed by atoms with E-state index in [0.29, 0.717) is 18.0 Å². The molecule has 4 nitrogen and oxygen atoms in total. The summed E-state index contributed by atoms with van der Waals surface area (Å²) >= 11 is 0. The number of aromatic nitrogens is 3. The van der Waals surface area contributed by atoms with Crippen LogP contribution in [-0.4, -0.2) is 27.1 Å². The Labute approximate surface area is 98.4 Å². The highest BCUT2D eigenvalue weighted by atomic mass is 15.4. The highest BCUT2D eigenvalue weighted by Crippen LogP contribution is 2.18. The lowest BCUT2D eigenvalue weighted by molar-refractivity contribution is 0.416. The van der Waals surface area contributed by atoms with Gasteiger partial charge in [-0.1, -0.05) is 32.9 Å². The predicted octanol–water partition coefficient (Wildman–Crippen LogP) is 2.18. The second-order valence-electron chi connectivity index (χ2n) is 4.78. The van der Waals surface area contributed by atoms with Crippen molar-refractivity contribution in [3.63, 3.8) is 0 Å². The van der Waals surface area contributed by atoms with Crippen molar-refractivity contribution in [3.8, 4) is 0 Å². The fourth-order valence-electron chi connectivity index (χ4n) is 1.93. The summed E-state index contributed by atoms with van der Waals surface area (Å²) in [5, 5.41) is 11.7. The zero-order chi connectivity index (χ0) is 12.1. The number of hydrogen-bond donors (Lipinski definition) is 1. The van der Waals surface area contributed by atoms with Gasteiger partial charge in [-0.3, -0.25) is 0 Å². The number of nitrogens with one attached hydrogen (secondary N) is 1. The summed E-state index contributed by atoms with van der Waals surface area (Å²) in [5.74, 6) is 0.434. The topological polar surface area (TPSA) is 42.7 Å². The van der Waals surface area contributed by atoms with Gasteiger partial charge in [0.25, 0.3) is 0 Å². The van der Waals surface area contributed by atoms with Gasteiger partial charge in [-0.2, -0.15) is 0 Å². The van der Waals surface area contributed by atoms with Crippen LogP contribution < -0.4 is 5.32 Å². The van der Waals surface area contributed by atoms with Crippen molar-refractivity contribution in [1.82, 2.24) is 20.3 Å². The molecule has 0 amide bonds. The van der Waals surface area contributed by atoms with Crippen molar-refractivity contribution < 1.29 is 0 Å². The zero-order valence-corrected chi connectivity index (χ0v) is 11.1. The first-order valence-electron chi connectivity index (χ1n) is 6.20. The Hall–Kier alpha value is -0.900. The Morgan fingerprint density at radius 3 is 2.56 bits per heavy atom. The van der Waals surface area contributed by atoms with Gasteiger partial charge in [-0.25, -0.2) is 4.68 Å². The quantitative estimate of drug-likeness (QED) is 0.805. The van der Waals surface area contributed by atoms with Gasteiger partial charge < -0.3 is 5.32 Å². The van der Waals surface area contributed by atoms with Crippen LogP contribution in [0.15, 0.2) is 6.20 Å². The second kappa shape index (κ2) is 5.99. The molecule has 16 heavy (non-hydrogen) atoms. The molecule has 4 heteroatoms. The van der Waals surface area contributed by atoms with Crippen molar-refractivity contribution in [2.45, 2.75) is 65.6 Å². The van der Waals surface area contributed by atoms with Gasteiger partial charge in [0.1, 0.15) is 0 Å². The molecule has 0 radical (unpaired) electrons. The molecule has 1 rings (SSSR count). The van der Waals surface area contributed by atoms with E-state index in [1.807, 2.05) is 10.9 Å². The van der Waals surface area contributed by atoms with Crippen LogP contribution in [0.4, 0.5) is 0 Å². The molecule has 92 valence electrons. The molecule has 0 aromatic carbocycles. The maximum Gasteiger partial charge on any atom is 0.0728 e. The van der Waals surface area contributed by atoms with Gasteiger partial charge >= 0.3 is 0 Å². The van der Waals surface area contributed by atoms with Crippen molar-refractivity contribution in [1.29, 1.82) is 0 Å². The summed E-state index contributed by atoms with van der Waals surface area (Å²) < 4.78 is 2.02. The van der Waals surface area contributed by atoms with Gasteiger partial charge in [0.2, 0.25) is 0 Å². The number of nitrogens with zero attached hydrogens (tertiary/aromatic N) is 3. The van der Waals surface area contributed by atoms with Crippen LogP contribution in [0.2, 0.25) is 0 Å². The van der Waals surface area contributed by atoms with E-state index in [1.54, 1.807) is 0 Å². The molecule has 0 aliphatic rings. The summed E-state index contributed by atoms with van der Waals surface area (Å²) in [6.45, 7) is 11.9. The van der Waals surface area contributed by atoms with Gasteiger partial charge in [0.05, 0.1) is 11.9 Å². The SMILES string of the molecule is CCCn1nncc1C(C)C(C)NC(C)C. The van der Waals surface area contributed by atoms with Crippen LogP contribution in [0.1, 0.15) is 52.7 Å². The van der Waals surface area contributed by atoms with Crippen LogP contribution in [0.5, 0.6) is 0 Å². The van der Waals surface area contributed by atoms with Crippen LogP contribution in [0.3, 0.4) is 0 Å². The highest BCUT2D eigenvalue weighted by molar-refractivity contribution is 5.05. The Kier molecular flexibility index (Phi) is 4.93. The maximum absolute atomic E-state index is 4.13. The second-order valence-corrected chi connectivity index (χ2v) is 4.78. The molecule has 2 unspecified atom stereocenters. The largest absolute Gasteiger partial charge is 0.311 e. The normalized spacial score (nSPS) is 15.4.